The quantitative estimate of drug-likeness (QED) is 0.834. The van der Waals surface area contributed by atoms with Crippen molar-refractivity contribution >= 4 is 34.7 Å². The van der Waals surface area contributed by atoms with Gasteiger partial charge in [0.25, 0.3) is 0 Å². The van der Waals surface area contributed by atoms with Gasteiger partial charge in [0.2, 0.25) is 0 Å². The summed E-state index contributed by atoms with van der Waals surface area (Å²) in [6.45, 7) is 0.718. The number of nitrogens with two attached hydrogens (primary N) is 1. The molecule has 0 spiro atoms. The van der Waals surface area contributed by atoms with Gasteiger partial charge in [-0.25, -0.2) is 4.79 Å². The van der Waals surface area contributed by atoms with Gasteiger partial charge in [0.1, 0.15) is 5.82 Å². The van der Waals surface area contributed by atoms with E-state index in [0.29, 0.717) is 11.4 Å². The summed E-state index contributed by atoms with van der Waals surface area (Å²) in [4.78, 5) is 13.5. The smallest absolute Gasteiger partial charge is 0.337 e. The number of methoxy groups -OCH3 is 1. The molecule has 1 aliphatic rings. The first-order valence-corrected chi connectivity index (χ1v) is 6.70. The fourth-order valence-corrected chi connectivity index (χ4v) is 2.45. The van der Waals surface area contributed by atoms with Crippen LogP contribution in [0.25, 0.3) is 6.08 Å². The molecule has 2 aromatic carbocycles. The van der Waals surface area contributed by atoms with Gasteiger partial charge in [0.15, 0.2) is 0 Å². The number of carbonyl (C=O) groups excluding carboxylic acids is 1. The third kappa shape index (κ3) is 2.99. The fourth-order valence-electron chi connectivity index (χ4n) is 2.45. The second-order valence-electron chi connectivity index (χ2n) is 4.89. The van der Waals surface area contributed by atoms with Crippen LogP contribution in [0, 0.1) is 0 Å². The Kier molecular flexibility index (Phi) is 4.88. The van der Waals surface area contributed by atoms with Crippen molar-refractivity contribution in [2.75, 3.05) is 12.0 Å². The Morgan fingerprint density at radius 2 is 1.82 bits per heavy atom. The number of rotatable bonds is 2. The van der Waals surface area contributed by atoms with Gasteiger partial charge in [-0.05, 0) is 41.5 Å². The van der Waals surface area contributed by atoms with E-state index in [-0.39, 0.29) is 23.0 Å². The van der Waals surface area contributed by atoms with Crippen molar-refractivity contribution in [3.8, 4) is 0 Å². The number of anilines is 1. The van der Waals surface area contributed by atoms with Crippen LogP contribution in [0.1, 0.15) is 21.5 Å². The lowest BCUT2D eigenvalue weighted by Gasteiger charge is -2.29. The van der Waals surface area contributed by atoms with Crippen molar-refractivity contribution in [3.05, 3.63) is 71.0 Å². The Morgan fingerprint density at radius 3 is 2.50 bits per heavy atom. The largest absolute Gasteiger partial charge is 0.465 e. The number of benzene rings is 2. The highest BCUT2D eigenvalue weighted by atomic mass is 79.9. The number of hydrogen-bond donors (Lipinski definition) is 1. The zero-order valence-electron chi connectivity index (χ0n) is 12.2. The maximum atomic E-state index is 11.5. The van der Waals surface area contributed by atoms with Gasteiger partial charge in [-0.3, -0.25) is 0 Å². The Bertz CT molecular complexity index is 711. The molecule has 0 bridgehead atoms. The lowest BCUT2D eigenvalue weighted by atomic mass is 10.0. The Labute approximate surface area is 140 Å². The lowest BCUT2D eigenvalue weighted by molar-refractivity contribution is 0.0601. The first kappa shape index (κ1) is 16.1. The molecule has 0 fully saturated rings. The number of esters is 1. The Hall–Kier alpha value is -2.27. The second-order valence-corrected chi connectivity index (χ2v) is 4.89. The summed E-state index contributed by atoms with van der Waals surface area (Å²) in [6, 6.07) is 15.4. The molecule has 0 radical (unpaired) electrons. The third-order valence-electron chi connectivity index (χ3n) is 3.60. The van der Waals surface area contributed by atoms with E-state index < -0.39 is 0 Å². The van der Waals surface area contributed by atoms with Crippen LogP contribution in [0.5, 0.6) is 0 Å². The van der Waals surface area contributed by atoms with Crippen molar-refractivity contribution in [1.29, 1.82) is 0 Å². The summed E-state index contributed by atoms with van der Waals surface area (Å²) in [5.41, 5.74) is 10.0. The standard InChI is InChI=1S/C17H16N2O2.BrH/c1-21-17(20)12-6-8-15(9-7-12)19-11-14-5-3-2-4-13(14)10-16(19)18;/h2-10H,11,18H2,1H3;1H. The average Bonchev–Trinajstić information content (AvgIpc) is 2.53. The lowest BCUT2D eigenvalue weighted by Crippen LogP contribution is -2.29. The van der Waals surface area contributed by atoms with Crippen LogP contribution in [0.4, 0.5) is 5.69 Å². The molecule has 0 unspecified atom stereocenters. The first-order chi connectivity index (χ1) is 10.2. The van der Waals surface area contributed by atoms with Crippen LogP contribution in [-0.2, 0) is 11.3 Å². The van der Waals surface area contributed by atoms with Gasteiger partial charge >= 0.3 is 5.97 Å². The fraction of sp³-hybridized carbons (Fsp3) is 0.118. The van der Waals surface area contributed by atoms with Crippen molar-refractivity contribution in [3.63, 3.8) is 0 Å². The van der Waals surface area contributed by atoms with E-state index in [1.165, 1.54) is 12.7 Å². The van der Waals surface area contributed by atoms with E-state index in [1.807, 2.05) is 35.2 Å². The van der Waals surface area contributed by atoms with Gasteiger partial charge in [-0.15, -0.1) is 17.0 Å². The van der Waals surface area contributed by atoms with Gasteiger partial charge in [0, 0.05) is 5.69 Å². The summed E-state index contributed by atoms with van der Waals surface area (Å²) >= 11 is 0. The molecule has 0 saturated carbocycles. The topological polar surface area (TPSA) is 55.6 Å². The van der Waals surface area contributed by atoms with Crippen LogP contribution in [0.3, 0.4) is 0 Å². The van der Waals surface area contributed by atoms with Crippen molar-refractivity contribution < 1.29 is 9.53 Å². The zero-order chi connectivity index (χ0) is 14.8. The minimum Gasteiger partial charge on any atom is -0.465 e. The van der Waals surface area contributed by atoms with Crippen LogP contribution < -0.4 is 10.6 Å². The van der Waals surface area contributed by atoms with E-state index in [2.05, 4.69) is 12.1 Å². The summed E-state index contributed by atoms with van der Waals surface area (Å²) in [7, 11) is 1.37. The molecule has 1 aliphatic heterocycles. The molecule has 5 heteroatoms. The van der Waals surface area contributed by atoms with E-state index in [4.69, 9.17) is 10.5 Å². The molecule has 3 rings (SSSR count). The molecule has 2 N–H and O–H groups in total. The molecule has 0 amide bonds. The van der Waals surface area contributed by atoms with Crippen molar-refractivity contribution in [2.24, 2.45) is 5.73 Å². The Morgan fingerprint density at radius 1 is 1.14 bits per heavy atom. The molecule has 0 aliphatic carbocycles. The molecule has 114 valence electrons. The van der Waals surface area contributed by atoms with Crippen LogP contribution >= 0.6 is 17.0 Å². The summed E-state index contributed by atoms with van der Waals surface area (Å²) < 4.78 is 4.70. The number of hydrogen-bond acceptors (Lipinski definition) is 4. The predicted molar refractivity (Wildman–Crippen MR) is 92.9 cm³/mol. The van der Waals surface area contributed by atoms with Gasteiger partial charge in [-0.1, -0.05) is 24.3 Å². The van der Waals surface area contributed by atoms with Crippen molar-refractivity contribution in [2.45, 2.75) is 6.54 Å². The number of fused-ring (bicyclic) bond motifs is 1. The average molecular weight is 361 g/mol. The summed E-state index contributed by atoms with van der Waals surface area (Å²) in [5.74, 6) is 0.355. The monoisotopic (exact) mass is 360 g/mol. The number of ether oxygens (including phenoxy) is 1. The van der Waals surface area contributed by atoms with Crippen LogP contribution in [0.2, 0.25) is 0 Å². The number of carbonyl (C=O) groups is 1. The van der Waals surface area contributed by atoms with Crippen LogP contribution in [-0.4, -0.2) is 13.1 Å². The molecule has 0 saturated heterocycles. The Balaban J connectivity index is 0.00000176. The van der Waals surface area contributed by atoms with E-state index in [0.717, 1.165) is 17.8 Å². The molecule has 0 atom stereocenters. The zero-order valence-corrected chi connectivity index (χ0v) is 13.9. The van der Waals surface area contributed by atoms with Gasteiger partial charge in [-0.2, -0.15) is 0 Å². The van der Waals surface area contributed by atoms with Gasteiger partial charge < -0.3 is 15.4 Å². The van der Waals surface area contributed by atoms with E-state index in [9.17, 15) is 4.79 Å². The molecule has 2 aromatic rings. The third-order valence-corrected chi connectivity index (χ3v) is 3.60. The molecular weight excluding hydrogens is 344 g/mol. The SMILES string of the molecule is Br.COC(=O)c1ccc(N2Cc3ccccc3C=C2N)cc1. The maximum Gasteiger partial charge on any atom is 0.337 e. The molecule has 1 heterocycles. The molecule has 0 aromatic heterocycles. The normalized spacial score (nSPS) is 12.8. The molecule has 22 heavy (non-hydrogen) atoms. The highest BCUT2D eigenvalue weighted by Gasteiger charge is 2.17. The highest BCUT2D eigenvalue weighted by molar-refractivity contribution is 8.93. The minimum atomic E-state index is -0.339. The maximum absolute atomic E-state index is 11.5. The first-order valence-electron chi connectivity index (χ1n) is 6.70. The predicted octanol–water partition coefficient (Wildman–Crippen LogP) is 3.33. The highest BCUT2D eigenvalue weighted by Crippen LogP contribution is 2.27. The summed E-state index contributed by atoms with van der Waals surface area (Å²) in [5, 5.41) is 0. The molecule has 4 nitrogen and oxygen atoms in total. The molecular formula is C17H17BrN2O2. The van der Waals surface area contributed by atoms with E-state index >= 15 is 0 Å². The van der Waals surface area contributed by atoms with Gasteiger partial charge in [0.05, 0.1) is 19.2 Å². The van der Waals surface area contributed by atoms with Crippen molar-refractivity contribution in [1.82, 2.24) is 0 Å². The van der Waals surface area contributed by atoms with E-state index in [1.54, 1.807) is 12.1 Å². The number of nitrogens with zero attached hydrogens (tertiary/aromatic N) is 1. The second kappa shape index (κ2) is 6.66. The van der Waals surface area contributed by atoms with Crippen LogP contribution in [0.15, 0.2) is 54.4 Å². The number of halogens is 1. The minimum absolute atomic E-state index is 0. The summed E-state index contributed by atoms with van der Waals surface area (Å²) in [6.07, 6.45) is 1.97.